The Morgan fingerprint density at radius 3 is 2.61 bits per heavy atom. The number of hydrogen-bond donors (Lipinski definition) is 1. The largest absolute Gasteiger partial charge is 0.497 e. The fourth-order valence-corrected chi connectivity index (χ4v) is 2.92. The molecular formula is C19H16ClNO2. The van der Waals surface area contributed by atoms with Crippen LogP contribution < -0.4 is 10.1 Å². The van der Waals surface area contributed by atoms with Gasteiger partial charge in [-0.05, 0) is 35.4 Å². The van der Waals surface area contributed by atoms with Crippen molar-refractivity contribution < 1.29 is 9.53 Å². The maximum Gasteiger partial charge on any atom is 0.221 e. The van der Waals surface area contributed by atoms with E-state index in [0.29, 0.717) is 5.02 Å². The van der Waals surface area contributed by atoms with E-state index in [4.69, 9.17) is 16.3 Å². The van der Waals surface area contributed by atoms with Crippen LogP contribution in [0.15, 0.2) is 54.6 Å². The summed E-state index contributed by atoms with van der Waals surface area (Å²) in [5.74, 6) is 0.664. The van der Waals surface area contributed by atoms with Crippen molar-refractivity contribution in [2.45, 2.75) is 6.92 Å². The molecule has 0 saturated heterocycles. The number of halogens is 1. The molecule has 23 heavy (non-hydrogen) atoms. The quantitative estimate of drug-likeness (QED) is 0.725. The molecule has 3 rings (SSSR count). The molecular weight excluding hydrogens is 310 g/mol. The summed E-state index contributed by atoms with van der Waals surface area (Å²) in [4.78, 5) is 11.5. The number of anilines is 1. The Kier molecular flexibility index (Phi) is 4.22. The lowest BCUT2D eigenvalue weighted by Gasteiger charge is -2.14. The number of amides is 1. The molecule has 3 aromatic rings. The third-order valence-corrected chi connectivity index (χ3v) is 4.01. The van der Waals surface area contributed by atoms with E-state index in [2.05, 4.69) is 5.32 Å². The van der Waals surface area contributed by atoms with Gasteiger partial charge in [0.15, 0.2) is 0 Å². The topological polar surface area (TPSA) is 38.3 Å². The molecule has 3 aromatic carbocycles. The Labute approximate surface area is 139 Å². The summed E-state index contributed by atoms with van der Waals surface area (Å²) in [6.45, 7) is 1.49. The van der Waals surface area contributed by atoms with Crippen LogP contribution in [0.4, 0.5) is 5.69 Å². The summed E-state index contributed by atoms with van der Waals surface area (Å²) >= 11 is 6.35. The second kappa shape index (κ2) is 6.31. The van der Waals surface area contributed by atoms with Gasteiger partial charge >= 0.3 is 0 Å². The number of carbonyl (C=O) groups excluding carboxylic acids is 1. The molecule has 3 nitrogen and oxygen atoms in total. The lowest BCUT2D eigenvalue weighted by molar-refractivity contribution is -0.114. The standard InChI is InChI=1S/C19H16ClNO2/c1-12(22)21-18-10-9-17(20)16-8-4-7-15(19(16)18)13-5-3-6-14(11-13)23-2/h3-11H,1-2H3,(H,21,22). The predicted octanol–water partition coefficient (Wildman–Crippen LogP) is 5.13. The van der Waals surface area contributed by atoms with Crippen molar-refractivity contribution in [2.75, 3.05) is 12.4 Å². The highest BCUT2D eigenvalue weighted by Crippen LogP contribution is 2.38. The Morgan fingerprint density at radius 1 is 1.09 bits per heavy atom. The third-order valence-electron chi connectivity index (χ3n) is 3.68. The average Bonchev–Trinajstić information content (AvgIpc) is 2.57. The molecule has 0 bridgehead atoms. The van der Waals surface area contributed by atoms with Gasteiger partial charge in [-0.3, -0.25) is 4.79 Å². The van der Waals surface area contributed by atoms with E-state index in [1.54, 1.807) is 13.2 Å². The van der Waals surface area contributed by atoms with Crippen LogP contribution in [0.2, 0.25) is 5.02 Å². The minimum atomic E-state index is -0.117. The lowest BCUT2D eigenvalue weighted by atomic mass is 9.96. The highest BCUT2D eigenvalue weighted by Gasteiger charge is 2.12. The summed E-state index contributed by atoms with van der Waals surface area (Å²) in [7, 11) is 1.64. The Balaban J connectivity index is 2.31. The fourth-order valence-electron chi connectivity index (χ4n) is 2.70. The van der Waals surface area contributed by atoms with Crippen molar-refractivity contribution >= 4 is 34.0 Å². The molecule has 4 heteroatoms. The normalized spacial score (nSPS) is 10.6. The minimum Gasteiger partial charge on any atom is -0.497 e. The maximum atomic E-state index is 11.5. The van der Waals surface area contributed by atoms with Gasteiger partial charge in [0.25, 0.3) is 0 Å². The average molecular weight is 326 g/mol. The molecule has 1 amide bonds. The van der Waals surface area contributed by atoms with Gasteiger partial charge in [0.1, 0.15) is 5.75 Å². The van der Waals surface area contributed by atoms with Crippen LogP contribution in [-0.2, 0) is 4.79 Å². The maximum absolute atomic E-state index is 11.5. The number of rotatable bonds is 3. The molecule has 0 radical (unpaired) electrons. The second-order valence-corrected chi connectivity index (χ2v) is 5.64. The van der Waals surface area contributed by atoms with Crippen molar-refractivity contribution in [3.63, 3.8) is 0 Å². The van der Waals surface area contributed by atoms with Crippen LogP contribution >= 0.6 is 11.6 Å². The van der Waals surface area contributed by atoms with E-state index >= 15 is 0 Å². The number of methoxy groups -OCH3 is 1. The summed E-state index contributed by atoms with van der Waals surface area (Å²) in [6.07, 6.45) is 0. The molecule has 1 N–H and O–H groups in total. The third kappa shape index (κ3) is 3.01. The fraction of sp³-hybridized carbons (Fsp3) is 0.105. The molecule has 0 aliphatic heterocycles. The number of benzene rings is 3. The van der Waals surface area contributed by atoms with Crippen molar-refractivity contribution in [3.8, 4) is 16.9 Å². The zero-order chi connectivity index (χ0) is 16.4. The molecule has 0 fully saturated rings. The molecule has 0 aromatic heterocycles. The van der Waals surface area contributed by atoms with Crippen LogP contribution in [0.25, 0.3) is 21.9 Å². The van der Waals surface area contributed by atoms with E-state index in [9.17, 15) is 4.79 Å². The summed E-state index contributed by atoms with van der Waals surface area (Å²) < 4.78 is 5.31. The van der Waals surface area contributed by atoms with Gasteiger partial charge < -0.3 is 10.1 Å². The SMILES string of the molecule is COc1cccc(-c2cccc3c(Cl)ccc(NC(C)=O)c23)c1. The highest BCUT2D eigenvalue weighted by molar-refractivity contribution is 6.36. The van der Waals surface area contributed by atoms with Crippen molar-refractivity contribution in [3.05, 3.63) is 59.6 Å². The van der Waals surface area contributed by atoms with Gasteiger partial charge in [0.2, 0.25) is 5.91 Å². The number of hydrogen-bond acceptors (Lipinski definition) is 2. The molecule has 0 unspecified atom stereocenters. The van der Waals surface area contributed by atoms with Crippen LogP contribution in [0.5, 0.6) is 5.75 Å². The van der Waals surface area contributed by atoms with Crippen LogP contribution in [-0.4, -0.2) is 13.0 Å². The predicted molar refractivity (Wildman–Crippen MR) is 95.2 cm³/mol. The summed E-state index contributed by atoms with van der Waals surface area (Å²) in [5, 5.41) is 5.36. The number of fused-ring (bicyclic) bond motifs is 1. The van der Waals surface area contributed by atoms with Crippen molar-refractivity contribution in [1.82, 2.24) is 0 Å². The molecule has 0 saturated carbocycles. The van der Waals surface area contributed by atoms with Crippen molar-refractivity contribution in [2.24, 2.45) is 0 Å². The van der Waals surface area contributed by atoms with E-state index in [1.165, 1.54) is 6.92 Å². The minimum absolute atomic E-state index is 0.117. The highest BCUT2D eigenvalue weighted by atomic mass is 35.5. The number of ether oxygens (including phenoxy) is 1. The van der Waals surface area contributed by atoms with Gasteiger partial charge in [0, 0.05) is 28.4 Å². The van der Waals surface area contributed by atoms with Crippen LogP contribution in [0.3, 0.4) is 0 Å². The number of nitrogens with one attached hydrogen (secondary N) is 1. The summed E-state index contributed by atoms with van der Waals surface area (Å²) in [6, 6.07) is 17.4. The van der Waals surface area contributed by atoms with Crippen LogP contribution in [0, 0.1) is 0 Å². The van der Waals surface area contributed by atoms with E-state index in [-0.39, 0.29) is 5.91 Å². The Morgan fingerprint density at radius 2 is 1.87 bits per heavy atom. The smallest absolute Gasteiger partial charge is 0.221 e. The van der Waals surface area contributed by atoms with Gasteiger partial charge in [-0.2, -0.15) is 0 Å². The first-order chi connectivity index (χ1) is 11.1. The van der Waals surface area contributed by atoms with E-state index in [0.717, 1.165) is 33.3 Å². The van der Waals surface area contributed by atoms with E-state index < -0.39 is 0 Å². The molecule has 0 heterocycles. The van der Waals surface area contributed by atoms with Gasteiger partial charge in [-0.25, -0.2) is 0 Å². The van der Waals surface area contributed by atoms with Gasteiger partial charge in [-0.1, -0.05) is 41.9 Å². The Hall–Kier alpha value is -2.52. The first kappa shape index (κ1) is 15.4. The zero-order valence-corrected chi connectivity index (χ0v) is 13.6. The van der Waals surface area contributed by atoms with Gasteiger partial charge in [-0.15, -0.1) is 0 Å². The first-order valence-corrected chi connectivity index (χ1v) is 7.61. The number of carbonyl (C=O) groups is 1. The van der Waals surface area contributed by atoms with Crippen molar-refractivity contribution in [1.29, 1.82) is 0 Å². The zero-order valence-electron chi connectivity index (χ0n) is 12.9. The summed E-state index contributed by atoms with van der Waals surface area (Å²) in [5.41, 5.74) is 2.74. The molecule has 116 valence electrons. The van der Waals surface area contributed by atoms with Crippen LogP contribution in [0.1, 0.15) is 6.92 Å². The first-order valence-electron chi connectivity index (χ1n) is 7.23. The Bertz CT molecular complexity index is 890. The molecule has 0 atom stereocenters. The molecule has 0 aliphatic rings. The molecule has 0 spiro atoms. The second-order valence-electron chi connectivity index (χ2n) is 5.24. The van der Waals surface area contributed by atoms with E-state index in [1.807, 2.05) is 48.5 Å². The monoisotopic (exact) mass is 325 g/mol. The lowest BCUT2D eigenvalue weighted by Crippen LogP contribution is -2.06. The molecule has 0 aliphatic carbocycles. The van der Waals surface area contributed by atoms with Gasteiger partial charge in [0.05, 0.1) is 7.11 Å².